The van der Waals surface area contributed by atoms with Crippen LogP contribution in [-0.4, -0.2) is 13.2 Å². The number of hydrogen-bond acceptors (Lipinski definition) is 2. The molecule has 1 N–H and O–H groups in total. The van der Waals surface area contributed by atoms with Gasteiger partial charge in [-0.25, -0.2) is 0 Å². The monoisotopic (exact) mass is 299 g/mol. The Kier molecular flexibility index (Phi) is 3.68. The van der Waals surface area contributed by atoms with Gasteiger partial charge in [-0.3, -0.25) is 0 Å². The average Bonchev–Trinajstić information content (AvgIpc) is 2.48. The summed E-state index contributed by atoms with van der Waals surface area (Å²) in [6, 6.07) is 5.26. The number of benzene rings is 1. The highest BCUT2D eigenvalue weighted by atomic mass is 16.5. The molecular weight excluding hydrogens is 270 g/mol. The van der Waals surface area contributed by atoms with Gasteiger partial charge in [-0.05, 0) is 92.4 Å². The van der Waals surface area contributed by atoms with Crippen molar-refractivity contribution < 1.29 is 4.74 Å². The van der Waals surface area contributed by atoms with Crippen molar-refractivity contribution in [1.29, 1.82) is 0 Å². The molecule has 0 atom stereocenters. The number of nitrogens with one attached hydrogen (secondary N) is 1. The van der Waals surface area contributed by atoms with Crippen LogP contribution in [0.2, 0.25) is 0 Å². The van der Waals surface area contributed by atoms with Gasteiger partial charge >= 0.3 is 0 Å². The number of methoxy groups -OCH3 is 1. The Hall–Kier alpha value is -1.02. The van der Waals surface area contributed by atoms with E-state index in [1.165, 1.54) is 48.8 Å². The van der Waals surface area contributed by atoms with Crippen LogP contribution in [0.1, 0.15) is 48.8 Å². The summed E-state index contributed by atoms with van der Waals surface area (Å²) < 4.78 is 5.43. The van der Waals surface area contributed by atoms with Gasteiger partial charge in [0.2, 0.25) is 0 Å². The lowest BCUT2D eigenvalue weighted by atomic mass is 9.54. The van der Waals surface area contributed by atoms with Crippen LogP contribution < -0.4 is 10.1 Å². The summed E-state index contributed by atoms with van der Waals surface area (Å²) in [6.45, 7) is 5.37. The van der Waals surface area contributed by atoms with Crippen molar-refractivity contribution in [3.63, 3.8) is 0 Å². The molecule has 4 bridgehead atoms. The van der Waals surface area contributed by atoms with Crippen molar-refractivity contribution in [3.05, 3.63) is 28.8 Å². The second kappa shape index (κ2) is 5.56. The van der Waals surface area contributed by atoms with Gasteiger partial charge in [0.1, 0.15) is 5.75 Å². The third-order valence-corrected chi connectivity index (χ3v) is 6.61. The highest BCUT2D eigenvalue weighted by Crippen LogP contribution is 2.53. The van der Waals surface area contributed by atoms with E-state index in [0.29, 0.717) is 0 Å². The Morgan fingerprint density at radius 1 is 0.955 bits per heavy atom. The molecule has 2 heteroatoms. The van der Waals surface area contributed by atoms with Crippen LogP contribution >= 0.6 is 0 Å². The van der Waals surface area contributed by atoms with E-state index >= 15 is 0 Å². The fourth-order valence-corrected chi connectivity index (χ4v) is 5.75. The first-order valence-electron chi connectivity index (χ1n) is 9.01. The summed E-state index contributed by atoms with van der Waals surface area (Å²) in [4.78, 5) is 0. The number of hydrogen-bond donors (Lipinski definition) is 1. The molecule has 0 unspecified atom stereocenters. The Morgan fingerprint density at radius 2 is 1.59 bits per heavy atom. The molecule has 0 amide bonds. The molecule has 1 aromatic rings. The van der Waals surface area contributed by atoms with Gasteiger partial charge in [0.25, 0.3) is 0 Å². The maximum Gasteiger partial charge on any atom is 0.122 e. The van der Waals surface area contributed by atoms with Crippen LogP contribution in [0.25, 0.3) is 0 Å². The summed E-state index contributed by atoms with van der Waals surface area (Å²) in [7, 11) is 1.76. The van der Waals surface area contributed by atoms with Crippen molar-refractivity contribution in [2.75, 3.05) is 7.11 Å². The fraction of sp³-hybridized carbons (Fsp3) is 0.700. The molecule has 0 heterocycles. The van der Waals surface area contributed by atoms with Crippen LogP contribution in [0.15, 0.2) is 12.1 Å². The van der Waals surface area contributed by atoms with E-state index in [0.717, 1.165) is 42.0 Å². The van der Waals surface area contributed by atoms with Gasteiger partial charge in [-0.1, -0.05) is 6.07 Å². The molecule has 5 rings (SSSR count). The van der Waals surface area contributed by atoms with Gasteiger partial charge in [0.15, 0.2) is 0 Å². The van der Waals surface area contributed by atoms with Crippen molar-refractivity contribution in [2.45, 2.75) is 58.5 Å². The largest absolute Gasteiger partial charge is 0.496 e. The van der Waals surface area contributed by atoms with Gasteiger partial charge in [0.05, 0.1) is 7.11 Å². The lowest BCUT2D eigenvalue weighted by Crippen LogP contribution is -2.54. The lowest BCUT2D eigenvalue weighted by molar-refractivity contribution is -0.0142. The van der Waals surface area contributed by atoms with Crippen molar-refractivity contribution in [3.8, 4) is 5.75 Å². The van der Waals surface area contributed by atoms with Gasteiger partial charge in [0, 0.05) is 12.6 Å². The molecule has 0 saturated heterocycles. The van der Waals surface area contributed by atoms with Crippen LogP contribution in [0.4, 0.5) is 0 Å². The smallest absolute Gasteiger partial charge is 0.122 e. The molecule has 4 aliphatic rings. The summed E-state index contributed by atoms with van der Waals surface area (Å²) in [5.74, 6) is 5.04. The minimum atomic E-state index is 0.773. The van der Waals surface area contributed by atoms with Crippen molar-refractivity contribution >= 4 is 0 Å². The van der Waals surface area contributed by atoms with E-state index < -0.39 is 0 Å². The minimum Gasteiger partial charge on any atom is -0.496 e. The molecule has 1 aromatic carbocycles. The molecule has 4 saturated carbocycles. The number of ether oxygens (including phenoxy) is 1. The SMILES string of the molecule is COc1cc(C)c(CNC2C3CC4CC(C3)CC2C4)cc1C. The summed E-state index contributed by atoms with van der Waals surface area (Å²) in [5.41, 5.74) is 4.03. The highest BCUT2D eigenvalue weighted by molar-refractivity contribution is 5.41. The van der Waals surface area contributed by atoms with Gasteiger partial charge < -0.3 is 10.1 Å². The fourth-order valence-electron chi connectivity index (χ4n) is 5.75. The van der Waals surface area contributed by atoms with E-state index in [4.69, 9.17) is 4.74 Å². The maximum atomic E-state index is 5.43. The highest BCUT2D eigenvalue weighted by Gasteiger charge is 2.47. The number of aryl methyl sites for hydroxylation is 2. The molecule has 22 heavy (non-hydrogen) atoms. The van der Waals surface area contributed by atoms with E-state index in [9.17, 15) is 0 Å². The molecule has 0 spiro atoms. The summed E-state index contributed by atoms with van der Waals surface area (Å²) >= 11 is 0. The zero-order valence-electron chi connectivity index (χ0n) is 14.2. The van der Waals surface area contributed by atoms with E-state index in [1.807, 2.05) is 0 Å². The van der Waals surface area contributed by atoms with Crippen LogP contribution in [0.3, 0.4) is 0 Å². The van der Waals surface area contributed by atoms with E-state index in [1.54, 1.807) is 7.11 Å². The maximum absolute atomic E-state index is 5.43. The second-order valence-electron chi connectivity index (χ2n) is 8.09. The number of rotatable bonds is 4. The zero-order valence-corrected chi connectivity index (χ0v) is 14.2. The molecule has 0 radical (unpaired) electrons. The van der Waals surface area contributed by atoms with Crippen molar-refractivity contribution in [1.82, 2.24) is 5.32 Å². The van der Waals surface area contributed by atoms with Gasteiger partial charge in [-0.2, -0.15) is 0 Å². The normalized spacial score (nSPS) is 35.9. The summed E-state index contributed by atoms with van der Waals surface area (Å²) in [6.07, 6.45) is 7.50. The Balaban J connectivity index is 1.46. The quantitative estimate of drug-likeness (QED) is 0.898. The van der Waals surface area contributed by atoms with Gasteiger partial charge in [-0.15, -0.1) is 0 Å². The molecule has 120 valence electrons. The Morgan fingerprint density at radius 3 is 2.18 bits per heavy atom. The van der Waals surface area contributed by atoms with Crippen LogP contribution in [0.5, 0.6) is 5.75 Å². The molecule has 0 aliphatic heterocycles. The van der Waals surface area contributed by atoms with Crippen LogP contribution in [0, 0.1) is 37.5 Å². The average molecular weight is 299 g/mol. The standard InChI is InChI=1S/C20H29NO/c1-12-5-19(22-3)13(2)4-18(12)11-21-20-16-7-14-6-15(9-16)10-17(20)8-14/h4-5,14-17,20-21H,6-11H2,1-3H3. The second-order valence-corrected chi connectivity index (χ2v) is 8.09. The molecule has 2 nitrogen and oxygen atoms in total. The van der Waals surface area contributed by atoms with Crippen molar-refractivity contribution in [2.24, 2.45) is 23.7 Å². The van der Waals surface area contributed by atoms with E-state index in [2.05, 4.69) is 31.3 Å². The van der Waals surface area contributed by atoms with Crippen LogP contribution in [-0.2, 0) is 6.54 Å². The predicted octanol–water partition coefficient (Wildman–Crippen LogP) is 4.23. The minimum absolute atomic E-state index is 0.773. The first-order valence-corrected chi connectivity index (χ1v) is 9.01. The Bertz CT molecular complexity index is 537. The van der Waals surface area contributed by atoms with E-state index in [-0.39, 0.29) is 0 Å². The lowest BCUT2D eigenvalue weighted by Gasteiger charge is -2.54. The molecular formula is C20H29NO. The topological polar surface area (TPSA) is 21.3 Å². The predicted molar refractivity (Wildman–Crippen MR) is 90.1 cm³/mol. The Labute approximate surface area is 134 Å². The third-order valence-electron chi connectivity index (χ3n) is 6.61. The first-order chi connectivity index (χ1) is 10.6. The zero-order chi connectivity index (χ0) is 15.3. The first kappa shape index (κ1) is 14.6. The molecule has 4 aliphatic carbocycles. The molecule has 4 fully saturated rings. The third kappa shape index (κ3) is 2.46. The molecule has 0 aromatic heterocycles. The summed E-state index contributed by atoms with van der Waals surface area (Å²) in [5, 5.41) is 3.95.